The van der Waals surface area contributed by atoms with Gasteiger partial charge in [0.15, 0.2) is 0 Å². The van der Waals surface area contributed by atoms with E-state index in [1.54, 1.807) is 11.3 Å². The van der Waals surface area contributed by atoms with Gasteiger partial charge in [-0.05, 0) is 59.5 Å². The Balaban J connectivity index is 1.46. The molecule has 1 aromatic heterocycles. The van der Waals surface area contributed by atoms with Crippen LogP contribution in [0, 0.1) is 0 Å². The summed E-state index contributed by atoms with van der Waals surface area (Å²) in [5, 5.41) is 5.26. The van der Waals surface area contributed by atoms with E-state index >= 15 is 0 Å². The van der Waals surface area contributed by atoms with E-state index < -0.39 is 0 Å². The lowest BCUT2D eigenvalue weighted by Crippen LogP contribution is -2.29. The first-order valence-corrected chi connectivity index (χ1v) is 12.3. The van der Waals surface area contributed by atoms with Crippen LogP contribution in [0.4, 0.5) is 0 Å². The summed E-state index contributed by atoms with van der Waals surface area (Å²) < 4.78 is 0. The molecule has 5 heteroatoms. The Kier molecular flexibility index (Phi) is 7.38. The molecule has 2 amide bonds. The van der Waals surface area contributed by atoms with Gasteiger partial charge in [-0.25, -0.2) is 0 Å². The van der Waals surface area contributed by atoms with E-state index in [1.807, 2.05) is 40.6 Å². The number of amides is 2. The van der Waals surface area contributed by atoms with Gasteiger partial charge in [0, 0.05) is 30.0 Å². The number of aryl methyl sites for hydroxylation is 1. The second-order valence-electron chi connectivity index (χ2n) is 8.38. The highest BCUT2D eigenvalue weighted by atomic mass is 32.1. The van der Waals surface area contributed by atoms with Crippen molar-refractivity contribution in [2.45, 2.75) is 51.6 Å². The third-order valence-corrected chi connectivity index (χ3v) is 6.93. The lowest BCUT2D eigenvalue weighted by atomic mass is 10.0. The molecule has 1 unspecified atom stereocenters. The molecule has 0 spiro atoms. The van der Waals surface area contributed by atoms with E-state index in [1.165, 1.54) is 18.4 Å². The average Bonchev–Trinajstić information content (AvgIpc) is 3.49. The van der Waals surface area contributed by atoms with Crippen molar-refractivity contribution in [2.75, 3.05) is 6.54 Å². The number of hydrogen-bond donors (Lipinski definition) is 1. The fraction of sp³-hybridized carbons (Fsp3) is 0.333. The zero-order valence-electron chi connectivity index (χ0n) is 18.5. The van der Waals surface area contributed by atoms with Crippen molar-refractivity contribution in [2.24, 2.45) is 0 Å². The van der Waals surface area contributed by atoms with Crippen molar-refractivity contribution in [3.05, 3.63) is 93.2 Å². The molecule has 4 rings (SSSR count). The highest BCUT2D eigenvalue weighted by molar-refractivity contribution is 7.10. The number of carbonyl (C=O) groups excluding carboxylic acids is 2. The first-order valence-electron chi connectivity index (χ1n) is 11.4. The van der Waals surface area contributed by atoms with Crippen LogP contribution < -0.4 is 5.32 Å². The first-order chi connectivity index (χ1) is 15.6. The zero-order chi connectivity index (χ0) is 22.3. The van der Waals surface area contributed by atoms with Crippen molar-refractivity contribution in [1.29, 1.82) is 0 Å². The Morgan fingerprint density at radius 1 is 1.06 bits per heavy atom. The fourth-order valence-corrected chi connectivity index (χ4v) is 4.90. The maximum absolute atomic E-state index is 13.1. The lowest BCUT2D eigenvalue weighted by Gasteiger charge is -2.19. The third kappa shape index (κ3) is 5.46. The molecule has 2 heterocycles. The number of hydrogen-bond acceptors (Lipinski definition) is 3. The summed E-state index contributed by atoms with van der Waals surface area (Å²) in [5.41, 5.74) is 4.10. The molecular formula is C27H30N2O2S. The van der Waals surface area contributed by atoms with E-state index in [-0.39, 0.29) is 17.9 Å². The number of unbranched alkanes of at least 4 members (excludes halogenated alkanes) is 1. The van der Waals surface area contributed by atoms with Crippen LogP contribution in [0.1, 0.15) is 70.6 Å². The Hall–Kier alpha value is -2.92. The minimum absolute atomic E-state index is 0.0951. The van der Waals surface area contributed by atoms with Gasteiger partial charge in [-0.3, -0.25) is 9.59 Å². The van der Waals surface area contributed by atoms with Gasteiger partial charge in [0.05, 0.1) is 6.04 Å². The van der Waals surface area contributed by atoms with Gasteiger partial charge in [-0.15, -0.1) is 11.3 Å². The standard InChI is InChI=1S/C27H30N2O2S/c1-2-3-6-20-9-13-22(14-10-20)26(24-7-5-18-32-24)28-27(31)23-15-11-21(12-16-23)19-29-17-4-8-25(29)30/h5,7,9-16,18,26H,2-4,6,8,17,19H2,1H3,(H,28,31). The van der Waals surface area contributed by atoms with E-state index in [2.05, 4.69) is 42.6 Å². The Bertz CT molecular complexity index is 1030. The van der Waals surface area contributed by atoms with Crippen molar-refractivity contribution in [3.8, 4) is 0 Å². The van der Waals surface area contributed by atoms with E-state index in [9.17, 15) is 9.59 Å². The Labute approximate surface area is 194 Å². The molecule has 0 saturated carbocycles. The summed E-state index contributed by atoms with van der Waals surface area (Å²) in [6, 6.07) is 20.1. The highest BCUT2D eigenvalue weighted by Crippen LogP contribution is 2.27. The Morgan fingerprint density at radius 3 is 2.44 bits per heavy atom. The second kappa shape index (κ2) is 10.6. The average molecular weight is 447 g/mol. The molecule has 0 radical (unpaired) electrons. The zero-order valence-corrected chi connectivity index (χ0v) is 19.4. The second-order valence-corrected chi connectivity index (χ2v) is 9.36. The highest BCUT2D eigenvalue weighted by Gasteiger charge is 2.21. The molecule has 1 aliphatic heterocycles. The maximum atomic E-state index is 13.1. The maximum Gasteiger partial charge on any atom is 0.252 e. The van der Waals surface area contributed by atoms with Crippen molar-refractivity contribution < 1.29 is 9.59 Å². The Morgan fingerprint density at radius 2 is 1.81 bits per heavy atom. The van der Waals surface area contributed by atoms with Crippen molar-refractivity contribution in [3.63, 3.8) is 0 Å². The molecule has 1 N–H and O–H groups in total. The molecule has 1 aliphatic rings. The van der Waals surface area contributed by atoms with Crippen LogP contribution >= 0.6 is 11.3 Å². The van der Waals surface area contributed by atoms with Gasteiger partial charge in [0.1, 0.15) is 0 Å². The number of nitrogens with one attached hydrogen (secondary N) is 1. The molecule has 2 aromatic carbocycles. The van der Waals surface area contributed by atoms with Crippen LogP contribution in [0.15, 0.2) is 66.0 Å². The summed E-state index contributed by atoms with van der Waals surface area (Å²) in [5.74, 6) is 0.119. The van der Waals surface area contributed by atoms with Gasteiger partial charge < -0.3 is 10.2 Å². The van der Waals surface area contributed by atoms with E-state index in [4.69, 9.17) is 0 Å². The topological polar surface area (TPSA) is 49.4 Å². The monoisotopic (exact) mass is 446 g/mol. The van der Waals surface area contributed by atoms with Gasteiger partial charge in [-0.2, -0.15) is 0 Å². The predicted octanol–water partition coefficient (Wildman–Crippen LogP) is 5.73. The normalized spacial score (nSPS) is 14.5. The summed E-state index contributed by atoms with van der Waals surface area (Å²) in [6.07, 6.45) is 5.03. The number of rotatable bonds is 9. The van der Waals surface area contributed by atoms with Gasteiger partial charge >= 0.3 is 0 Å². The fourth-order valence-electron chi connectivity index (χ4n) is 4.10. The van der Waals surface area contributed by atoms with Crippen LogP contribution in [0.25, 0.3) is 0 Å². The minimum Gasteiger partial charge on any atom is -0.340 e. The molecule has 4 nitrogen and oxygen atoms in total. The van der Waals surface area contributed by atoms with E-state index in [0.29, 0.717) is 18.5 Å². The molecule has 166 valence electrons. The summed E-state index contributed by atoms with van der Waals surface area (Å²) >= 11 is 1.65. The number of nitrogens with zero attached hydrogens (tertiary/aromatic N) is 1. The van der Waals surface area contributed by atoms with Crippen LogP contribution in [-0.2, 0) is 17.8 Å². The van der Waals surface area contributed by atoms with Crippen LogP contribution in [0.3, 0.4) is 0 Å². The van der Waals surface area contributed by atoms with Crippen molar-refractivity contribution in [1.82, 2.24) is 10.2 Å². The molecular weight excluding hydrogens is 416 g/mol. The third-order valence-electron chi connectivity index (χ3n) is 6.00. The van der Waals surface area contributed by atoms with Gasteiger partial charge in [0.25, 0.3) is 5.91 Å². The number of benzene rings is 2. The quantitative estimate of drug-likeness (QED) is 0.456. The summed E-state index contributed by atoms with van der Waals surface area (Å²) in [7, 11) is 0. The molecule has 1 saturated heterocycles. The number of thiophene rings is 1. The first kappa shape index (κ1) is 22.3. The number of carbonyl (C=O) groups is 2. The minimum atomic E-state index is -0.176. The molecule has 0 aliphatic carbocycles. The SMILES string of the molecule is CCCCc1ccc(C(NC(=O)c2ccc(CN3CCCC3=O)cc2)c2cccs2)cc1. The summed E-state index contributed by atoms with van der Waals surface area (Å²) in [4.78, 5) is 27.9. The van der Waals surface area contributed by atoms with Crippen LogP contribution in [0.5, 0.6) is 0 Å². The molecule has 0 bridgehead atoms. The predicted molar refractivity (Wildman–Crippen MR) is 130 cm³/mol. The van der Waals surface area contributed by atoms with Crippen molar-refractivity contribution >= 4 is 23.2 Å². The largest absolute Gasteiger partial charge is 0.340 e. The molecule has 1 fully saturated rings. The van der Waals surface area contributed by atoms with Gasteiger partial charge in [0.2, 0.25) is 5.91 Å². The summed E-state index contributed by atoms with van der Waals surface area (Å²) in [6.45, 7) is 3.64. The van der Waals surface area contributed by atoms with Crippen LogP contribution in [-0.4, -0.2) is 23.3 Å². The smallest absolute Gasteiger partial charge is 0.252 e. The van der Waals surface area contributed by atoms with E-state index in [0.717, 1.165) is 35.4 Å². The molecule has 32 heavy (non-hydrogen) atoms. The van der Waals surface area contributed by atoms with Crippen LogP contribution in [0.2, 0.25) is 0 Å². The molecule has 3 aromatic rings. The van der Waals surface area contributed by atoms with Gasteiger partial charge in [-0.1, -0.05) is 55.8 Å². The molecule has 1 atom stereocenters. The lowest BCUT2D eigenvalue weighted by molar-refractivity contribution is -0.128. The number of likely N-dealkylation sites (tertiary alicyclic amines) is 1.